The van der Waals surface area contributed by atoms with Gasteiger partial charge >= 0.3 is 0 Å². The van der Waals surface area contributed by atoms with E-state index >= 15 is 0 Å². The van der Waals surface area contributed by atoms with Crippen LogP contribution in [0.2, 0.25) is 0 Å². The van der Waals surface area contributed by atoms with Gasteiger partial charge in [-0.3, -0.25) is 0 Å². The Bertz CT molecular complexity index is 565. The number of hydrogen-bond donors (Lipinski definition) is 1. The van der Waals surface area contributed by atoms with Gasteiger partial charge in [-0.25, -0.2) is 9.97 Å². The maximum atomic E-state index is 5.67. The predicted octanol–water partition coefficient (Wildman–Crippen LogP) is 1.72. The highest BCUT2D eigenvalue weighted by molar-refractivity contribution is 5.67. The van der Waals surface area contributed by atoms with E-state index in [1.165, 1.54) is 11.3 Å². The van der Waals surface area contributed by atoms with Gasteiger partial charge in [-0.1, -0.05) is 0 Å². The van der Waals surface area contributed by atoms with Crippen molar-refractivity contribution in [3.05, 3.63) is 36.0 Å². The second kappa shape index (κ2) is 3.73. The number of nitrogen functional groups attached to an aromatic ring is 1. The third-order valence-corrected chi connectivity index (χ3v) is 3.14. The van der Waals surface area contributed by atoms with Crippen molar-refractivity contribution in [3.8, 4) is 11.4 Å². The largest absolute Gasteiger partial charge is 0.384 e. The van der Waals surface area contributed by atoms with E-state index in [-0.39, 0.29) is 0 Å². The second-order valence-corrected chi connectivity index (χ2v) is 4.32. The highest BCUT2D eigenvalue weighted by atomic mass is 15.1. The van der Waals surface area contributed by atoms with E-state index < -0.39 is 0 Å². The summed E-state index contributed by atoms with van der Waals surface area (Å²) in [6, 6.07) is 8.04. The molecule has 3 rings (SSSR count). The molecule has 86 valence electrons. The van der Waals surface area contributed by atoms with Gasteiger partial charge in [-0.05, 0) is 36.2 Å². The van der Waals surface area contributed by atoms with E-state index in [2.05, 4.69) is 40.1 Å². The quantitative estimate of drug-likeness (QED) is 0.804. The predicted molar refractivity (Wildman–Crippen MR) is 68.9 cm³/mol. The number of rotatable bonds is 1. The van der Waals surface area contributed by atoms with E-state index in [0.29, 0.717) is 11.6 Å². The molecule has 0 aliphatic carbocycles. The summed E-state index contributed by atoms with van der Waals surface area (Å²) in [6.07, 6.45) is 2.78. The van der Waals surface area contributed by atoms with E-state index in [1.54, 1.807) is 12.3 Å². The Labute approximate surface area is 100 Å². The van der Waals surface area contributed by atoms with Crippen molar-refractivity contribution in [3.63, 3.8) is 0 Å². The summed E-state index contributed by atoms with van der Waals surface area (Å²) in [6.45, 7) is 1.08. The van der Waals surface area contributed by atoms with Crippen molar-refractivity contribution in [2.24, 2.45) is 0 Å². The molecular weight excluding hydrogens is 212 g/mol. The average molecular weight is 226 g/mol. The summed E-state index contributed by atoms with van der Waals surface area (Å²) in [7, 11) is 2.11. The Kier molecular flexibility index (Phi) is 2.21. The number of benzene rings is 1. The van der Waals surface area contributed by atoms with Crippen LogP contribution >= 0.6 is 0 Å². The zero-order valence-corrected chi connectivity index (χ0v) is 9.72. The minimum Gasteiger partial charge on any atom is -0.384 e. The fraction of sp³-hybridized carbons (Fsp3) is 0.231. The zero-order chi connectivity index (χ0) is 11.8. The molecule has 0 atom stereocenters. The smallest absolute Gasteiger partial charge is 0.161 e. The molecule has 0 fully saturated rings. The lowest BCUT2D eigenvalue weighted by atomic mass is 10.1. The lowest BCUT2D eigenvalue weighted by molar-refractivity contribution is 0.956. The molecule has 0 spiro atoms. The Morgan fingerprint density at radius 1 is 1.29 bits per heavy atom. The Balaban J connectivity index is 2.06. The number of aromatic nitrogens is 2. The molecule has 4 heteroatoms. The lowest BCUT2D eigenvalue weighted by Crippen LogP contribution is -2.12. The molecule has 0 amide bonds. The summed E-state index contributed by atoms with van der Waals surface area (Å²) < 4.78 is 0. The SMILES string of the molecule is CN1CCc2cc(-c3nccc(N)n3)ccc21. The summed E-state index contributed by atoms with van der Waals surface area (Å²) in [4.78, 5) is 10.8. The van der Waals surface area contributed by atoms with Crippen LogP contribution in [0, 0.1) is 0 Å². The van der Waals surface area contributed by atoms with Gasteiger partial charge in [0.15, 0.2) is 5.82 Å². The number of hydrogen-bond acceptors (Lipinski definition) is 4. The van der Waals surface area contributed by atoms with Crippen molar-refractivity contribution < 1.29 is 0 Å². The van der Waals surface area contributed by atoms with Gasteiger partial charge in [0.1, 0.15) is 5.82 Å². The third kappa shape index (κ3) is 1.71. The highest BCUT2D eigenvalue weighted by Gasteiger charge is 2.16. The van der Waals surface area contributed by atoms with Gasteiger partial charge in [-0.2, -0.15) is 0 Å². The molecule has 2 heterocycles. The maximum Gasteiger partial charge on any atom is 0.161 e. The molecule has 0 unspecified atom stereocenters. The van der Waals surface area contributed by atoms with Crippen LogP contribution in [0.3, 0.4) is 0 Å². The zero-order valence-electron chi connectivity index (χ0n) is 9.72. The van der Waals surface area contributed by atoms with E-state index in [0.717, 1.165) is 18.5 Å². The monoisotopic (exact) mass is 226 g/mol. The summed E-state index contributed by atoms with van der Waals surface area (Å²) in [5.41, 5.74) is 9.37. The summed E-state index contributed by atoms with van der Waals surface area (Å²) in [5, 5.41) is 0. The van der Waals surface area contributed by atoms with Gasteiger partial charge in [0.25, 0.3) is 0 Å². The van der Waals surface area contributed by atoms with Crippen molar-refractivity contribution in [2.45, 2.75) is 6.42 Å². The molecular formula is C13H14N4. The Morgan fingerprint density at radius 2 is 2.18 bits per heavy atom. The molecule has 4 nitrogen and oxygen atoms in total. The van der Waals surface area contributed by atoms with Crippen molar-refractivity contribution >= 4 is 11.5 Å². The molecule has 0 saturated heterocycles. The van der Waals surface area contributed by atoms with Gasteiger partial charge < -0.3 is 10.6 Å². The van der Waals surface area contributed by atoms with Crippen LogP contribution in [0.25, 0.3) is 11.4 Å². The van der Waals surface area contributed by atoms with Gasteiger partial charge in [0.2, 0.25) is 0 Å². The number of likely N-dealkylation sites (N-methyl/N-ethyl adjacent to an activating group) is 1. The fourth-order valence-corrected chi connectivity index (χ4v) is 2.22. The molecule has 0 radical (unpaired) electrons. The van der Waals surface area contributed by atoms with Crippen LogP contribution < -0.4 is 10.6 Å². The van der Waals surface area contributed by atoms with Gasteiger partial charge in [-0.15, -0.1) is 0 Å². The fourth-order valence-electron chi connectivity index (χ4n) is 2.22. The minimum absolute atomic E-state index is 0.507. The first kappa shape index (κ1) is 10.1. The molecule has 1 aromatic heterocycles. The molecule has 2 aromatic rings. The van der Waals surface area contributed by atoms with Crippen molar-refractivity contribution in [2.75, 3.05) is 24.2 Å². The lowest BCUT2D eigenvalue weighted by Gasteiger charge is -2.11. The molecule has 1 aliphatic heterocycles. The van der Waals surface area contributed by atoms with E-state index in [4.69, 9.17) is 5.73 Å². The minimum atomic E-state index is 0.507. The number of nitrogens with two attached hydrogens (primary N) is 1. The van der Waals surface area contributed by atoms with Crippen LogP contribution in [-0.2, 0) is 6.42 Å². The van der Waals surface area contributed by atoms with Crippen LogP contribution in [0.4, 0.5) is 11.5 Å². The second-order valence-electron chi connectivity index (χ2n) is 4.32. The first-order valence-corrected chi connectivity index (χ1v) is 5.67. The highest BCUT2D eigenvalue weighted by Crippen LogP contribution is 2.30. The molecule has 2 N–H and O–H groups in total. The molecule has 1 aromatic carbocycles. The van der Waals surface area contributed by atoms with Gasteiger partial charge in [0, 0.05) is 31.0 Å². The van der Waals surface area contributed by atoms with E-state index in [9.17, 15) is 0 Å². The standard InChI is InChI=1S/C13H14N4/c1-17-7-5-9-8-10(2-3-11(9)17)13-15-6-4-12(14)16-13/h2-4,6,8H,5,7H2,1H3,(H2,14,15,16). The van der Waals surface area contributed by atoms with Crippen LogP contribution in [0.1, 0.15) is 5.56 Å². The molecule has 0 bridgehead atoms. The van der Waals surface area contributed by atoms with Crippen LogP contribution in [0.15, 0.2) is 30.5 Å². The van der Waals surface area contributed by atoms with Crippen molar-refractivity contribution in [1.82, 2.24) is 9.97 Å². The van der Waals surface area contributed by atoms with E-state index in [1.807, 2.05) is 0 Å². The van der Waals surface area contributed by atoms with Crippen LogP contribution in [-0.4, -0.2) is 23.6 Å². The number of nitrogens with zero attached hydrogens (tertiary/aromatic N) is 3. The summed E-state index contributed by atoms with van der Waals surface area (Å²) in [5.74, 6) is 1.20. The number of fused-ring (bicyclic) bond motifs is 1. The maximum absolute atomic E-state index is 5.67. The third-order valence-electron chi connectivity index (χ3n) is 3.14. The average Bonchev–Trinajstić information content (AvgIpc) is 2.71. The van der Waals surface area contributed by atoms with Crippen LogP contribution in [0.5, 0.6) is 0 Å². The normalized spacial score (nSPS) is 13.8. The first-order valence-electron chi connectivity index (χ1n) is 5.67. The van der Waals surface area contributed by atoms with Crippen molar-refractivity contribution in [1.29, 1.82) is 0 Å². The Hall–Kier alpha value is -2.10. The molecule has 0 saturated carbocycles. The Morgan fingerprint density at radius 3 is 3.00 bits per heavy atom. The summed E-state index contributed by atoms with van der Waals surface area (Å²) >= 11 is 0. The topological polar surface area (TPSA) is 55.0 Å². The number of anilines is 2. The molecule has 17 heavy (non-hydrogen) atoms. The first-order chi connectivity index (χ1) is 8.24. The molecule has 1 aliphatic rings. The van der Waals surface area contributed by atoms with Gasteiger partial charge in [0.05, 0.1) is 0 Å².